The number of hydrogen-bond donors (Lipinski definition) is 1. The number of carbonyl (C=O) groups excluding carboxylic acids is 1. The molecule has 0 aromatic carbocycles. The third-order valence-corrected chi connectivity index (χ3v) is 4.77. The standard InChI is InChI=1S/C12H19NO.C2H6/c1-2-10(14)13-12-6-11(7-12,8-12)9-4-3-5-9;1-2/h9H,2-8H2,1H3,(H,13,14);1-2H3. The van der Waals surface area contributed by atoms with Crippen LogP contribution in [0.4, 0.5) is 0 Å². The zero-order valence-electron chi connectivity index (χ0n) is 10.9. The summed E-state index contributed by atoms with van der Waals surface area (Å²) in [6.45, 7) is 5.93. The molecule has 92 valence electrons. The Hall–Kier alpha value is -0.530. The van der Waals surface area contributed by atoms with Gasteiger partial charge in [0.25, 0.3) is 0 Å². The van der Waals surface area contributed by atoms with E-state index in [-0.39, 0.29) is 11.4 Å². The summed E-state index contributed by atoms with van der Waals surface area (Å²) in [6, 6.07) is 0. The molecule has 4 aliphatic carbocycles. The third-order valence-electron chi connectivity index (χ3n) is 4.77. The average Bonchev–Trinajstić information content (AvgIpc) is 2.12. The Kier molecular flexibility index (Phi) is 3.02. The Morgan fingerprint density at radius 1 is 1.25 bits per heavy atom. The minimum absolute atomic E-state index is 0.243. The summed E-state index contributed by atoms with van der Waals surface area (Å²) in [7, 11) is 0. The summed E-state index contributed by atoms with van der Waals surface area (Å²) in [5, 5.41) is 3.20. The van der Waals surface area contributed by atoms with Gasteiger partial charge in [-0.3, -0.25) is 4.79 Å². The predicted molar refractivity (Wildman–Crippen MR) is 66.1 cm³/mol. The molecule has 0 aromatic heterocycles. The molecule has 0 atom stereocenters. The second-order valence-electron chi connectivity index (χ2n) is 5.70. The van der Waals surface area contributed by atoms with Crippen LogP contribution < -0.4 is 5.32 Å². The van der Waals surface area contributed by atoms with Crippen molar-refractivity contribution in [1.82, 2.24) is 5.32 Å². The Labute approximate surface area is 99.2 Å². The average molecular weight is 223 g/mol. The quantitative estimate of drug-likeness (QED) is 0.781. The Morgan fingerprint density at radius 3 is 2.19 bits per heavy atom. The summed E-state index contributed by atoms with van der Waals surface area (Å²) in [4.78, 5) is 11.3. The minimum atomic E-state index is 0.243. The molecule has 1 N–H and O–H groups in total. The van der Waals surface area contributed by atoms with Crippen molar-refractivity contribution in [3.05, 3.63) is 0 Å². The van der Waals surface area contributed by atoms with E-state index >= 15 is 0 Å². The van der Waals surface area contributed by atoms with E-state index in [2.05, 4.69) is 5.32 Å². The van der Waals surface area contributed by atoms with Crippen LogP contribution in [-0.2, 0) is 4.79 Å². The third kappa shape index (κ3) is 1.57. The van der Waals surface area contributed by atoms with Crippen LogP contribution in [0.3, 0.4) is 0 Å². The van der Waals surface area contributed by atoms with E-state index in [1.54, 1.807) is 0 Å². The van der Waals surface area contributed by atoms with Crippen LogP contribution in [-0.4, -0.2) is 11.4 Å². The number of amides is 1. The van der Waals surface area contributed by atoms with Gasteiger partial charge in [0.15, 0.2) is 0 Å². The summed E-state index contributed by atoms with van der Waals surface area (Å²) in [5.41, 5.74) is 0.960. The molecule has 4 aliphatic rings. The lowest BCUT2D eigenvalue weighted by Crippen LogP contribution is -2.77. The first-order valence-corrected chi connectivity index (χ1v) is 6.99. The topological polar surface area (TPSA) is 29.1 Å². The van der Waals surface area contributed by atoms with E-state index in [0.717, 1.165) is 5.92 Å². The second kappa shape index (κ2) is 4.05. The van der Waals surface area contributed by atoms with Crippen LogP contribution in [0.15, 0.2) is 0 Å². The van der Waals surface area contributed by atoms with Crippen molar-refractivity contribution in [2.75, 3.05) is 0 Å². The van der Waals surface area contributed by atoms with Gasteiger partial charge in [0.1, 0.15) is 0 Å². The molecular formula is C14H25NO. The first-order chi connectivity index (χ1) is 7.68. The predicted octanol–water partition coefficient (Wildman–Crippen LogP) is 3.26. The molecule has 0 aromatic rings. The van der Waals surface area contributed by atoms with Crippen molar-refractivity contribution < 1.29 is 4.79 Å². The molecular weight excluding hydrogens is 198 g/mol. The SMILES string of the molecule is CC.CCC(=O)NC12CC(C3CCC3)(C1)C2. The Balaban J connectivity index is 0.000000457. The van der Waals surface area contributed by atoms with Gasteiger partial charge in [0, 0.05) is 12.0 Å². The largest absolute Gasteiger partial charge is 0.351 e. The van der Waals surface area contributed by atoms with E-state index in [0.29, 0.717) is 11.8 Å². The van der Waals surface area contributed by atoms with E-state index in [4.69, 9.17) is 0 Å². The molecule has 0 saturated heterocycles. The second-order valence-corrected chi connectivity index (χ2v) is 5.70. The maximum Gasteiger partial charge on any atom is 0.220 e. The van der Waals surface area contributed by atoms with Gasteiger partial charge in [-0.2, -0.15) is 0 Å². The molecule has 4 fully saturated rings. The maximum atomic E-state index is 11.3. The molecule has 2 heteroatoms. The summed E-state index contributed by atoms with van der Waals surface area (Å²) in [5.74, 6) is 1.26. The first kappa shape index (κ1) is 11.9. The summed E-state index contributed by atoms with van der Waals surface area (Å²) >= 11 is 0. The Morgan fingerprint density at radius 2 is 1.81 bits per heavy atom. The molecule has 4 saturated carbocycles. The van der Waals surface area contributed by atoms with Crippen LogP contribution in [0.2, 0.25) is 0 Å². The molecule has 4 rings (SSSR count). The lowest BCUT2D eigenvalue weighted by molar-refractivity contribution is -0.207. The van der Waals surface area contributed by atoms with Crippen molar-refractivity contribution in [2.24, 2.45) is 11.3 Å². The van der Waals surface area contributed by atoms with E-state index in [1.165, 1.54) is 38.5 Å². The van der Waals surface area contributed by atoms with Gasteiger partial charge in [0.2, 0.25) is 5.91 Å². The lowest BCUT2D eigenvalue weighted by atomic mass is 9.33. The van der Waals surface area contributed by atoms with Crippen LogP contribution in [0.25, 0.3) is 0 Å². The normalized spacial score (nSPS) is 39.4. The van der Waals surface area contributed by atoms with Gasteiger partial charge in [-0.05, 0) is 43.4 Å². The summed E-state index contributed by atoms with van der Waals surface area (Å²) < 4.78 is 0. The van der Waals surface area contributed by atoms with Crippen LogP contribution in [0.1, 0.15) is 65.7 Å². The van der Waals surface area contributed by atoms with Gasteiger partial charge in [0.05, 0.1) is 0 Å². The monoisotopic (exact) mass is 223 g/mol. The molecule has 2 bridgehead atoms. The van der Waals surface area contributed by atoms with Crippen LogP contribution >= 0.6 is 0 Å². The lowest BCUT2D eigenvalue weighted by Gasteiger charge is -2.74. The van der Waals surface area contributed by atoms with Gasteiger partial charge in [-0.25, -0.2) is 0 Å². The molecule has 2 nitrogen and oxygen atoms in total. The van der Waals surface area contributed by atoms with Crippen molar-refractivity contribution in [3.63, 3.8) is 0 Å². The number of nitrogens with one attached hydrogen (secondary N) is 1. The van der Waals surface area contributed by atoms with E-state index in [1.807, 2.05) is 20.8 Å². The zero-order valence-corrected chi connectivity index (χ0v) is 10.9. The molecule has 0 spiro atoms. The fourth-order valence-electron chi connectivity index (χ4n) is 3.84. The fraction of sp³-hybridized carbons (Fsp3) is 0.929. The van der Waals surface area contributed by atoms with Gasteiger partial charge < -0.3 is 5.32 Å². The molecule has 0 unspecified atom stereocenters. The number of carbonyl (C=O) groups is 1. The fourth-order valence-corrected chi connectivity index (χ4v) is 3.84. The molecule has 0 aliphatic heterocycles. The highest BCUT2D eigenvalue weighted by Crippen LogP contribution is 2.73. The maximum absolute atomic E-state index is 11.3. The zero-order chi connectivity index (χ0) is 11.8. The van der Waals surface area contributed by atoms with Crippen LogP contribution in [0, 0.1) is 11.3 Å². The van der Waals surface area contributed by atoms with Gasteiger partial charge >= 0.3 is 0 Å². The Bertz CT molecular complexity index is 261. The van der Waals surface area contributed by atoms with Gasteiger partial charge in [-0.1, -0.05) is 27.2 Å². The highest BCUT2D eigenvalue weighted by atomic mass is 16.1. The molecule has 1 amide bonds. The van der Waals surface area contributed by atoms with Crippen LogP contribution in [0.5, 0.6) is 0 Å². The smallest absolute Gasteiger partial charge is 0.220 e. The van der Waals surface area contributed by atoms with Crippen molar-refractivity contribution in [1.29, 1.82) is 0 Å². The highest BCUT2D eigenvalue weighted by molar-refractivity contribution is 5.77. The minimum Gasteiger partial charge on any atom is -0.351 e. The highest BCUT2D eigenvalue weighted by Gasteiger charge is 2.71. The molecule has 16 heavy (non-hydrogen) atoms. The van der Waals surface area contributed by atoms with E-state index in [9.17, 15) is 4.79 Å². The van der Waals surface area contributed by atoms with Crippen molar-refractivity contribution >= 4 is 5.91 Å². The molecule has 0 heterocycles. The van der Waals surface area contributed by atoms with Crippen molar-refractivity contribution in [2.45, 2.75) is 71.3 Å². The first-order valence-electron chi connectivity index (χ1n) is 6.99. The summed E-state index contributed by atoms with van der Waals surface area (Å²) in [6.07, 6.45) is 8.86. The number of rotatable bonds is 3. The van der Waals surface area contributed by atoms with Crippen molar-refractivity contribution in [3.8, 4) is 0 Å². The molecule has 0 radical (unpaired) electrons. The number of hydrogen-bond acceptors (Lipinski definition) is 1. The van der Waals surface area contributed by atoms with Gasteiger partial charge in [-0.15, -0.1) is 0 Å². The van der Waals surface area contributed by atoms with E-state index < -0.39 is 0 Å².